The fraction of sp³-hybridized carbons (Fsp3) is 0.360. The van der Waals surface area contributed by atoms with Crippen molar-refractivity contribution in [2.45, 2.75) is 53.2 Å². The van der Waals surface area contributed by atoms with Crippen molar-refractivity contribution < 1.29 is 9.53 Å². The molecule has 1 N–H and O–H groups in total. The number of carbonyl (C=O) groups is 1. The average molecular weight is 406 g/mol. The first-order chi connectivity index (χ1) is 14.4. The molecule has 0 bridgehead atoms. The van der Waals surface area contributed by atoms with Crippen LogP contribution in [0.4, 0.5) is 0 Å². The van der Waals surface area contributed by atoms with Gasteiger partial charge < -0.3 is 10.1 Å². The van der Waals surface area contributed by atoms with Crippen LogP contribution >= 0.6 is 0 Å². The van der Waals surface area contributed by atoms with E-state index in [1.165, 1.54) is 5.56 Å². The molecule has 3 aromatic rings. The van der Waals surface area contributed by atoms with E-state index >= 15 is 0 Å². The first kappa shape index (κ1) is 21.6. The quantitative estimate of drug-likeness (QED) is 0.509. The van der Waals surface area contributed by atoms with Crippen LogP contribution < -0.4 is 10.1 Å². The fourth-order valence-electron chi connectivity index (χ4n) is 3.35. The van der Waals surface area contributed by atoms with E-state index in [4.69, 9.17) is 4.74 Å². The first-order valence-electron chi connectivity index (χ1n) is 10.5. The van der Waals surface area contributed by atoms with Crippen molar-refractivity contribution in [3.05, 3.63) is 82.7 Å². The Morgan fingerprint density at radius 1 is 1.10 bits per heavy atom. The van der Waals surface area contributed by atoms with Crippen LogP contribution in [0.25, 0.3) is 0 Å². The molecule has 0 fully saturated rings. The van der Waals surface area contributed by atoms with Crippen LogP contribution in [0.2, 0.25) is 0 Å². The molecule has 0 aliphatic heterocycles. The van der Waals surface area contributed by atoms with E-state index in [0.29, 0.717) is 24.6 Å². The van der Waals surface area contributed by atoms with Gasteiger partial charge in [-0.1, -0.05) is 38.1 Å². The van der Waals surface area contributed by atoms with Gasteiger partial charge in [0.15, 0.2) is 0 Å². The maximum atomic E-state index is 12.5. The van der Waals surface area contributed by atoms with Gasteiger partial charge >= 0.3 is 0 Å². The van der Waals surface area contributed by atoms with Crippen LogP contribution in [0.1, 0.15) is 59.1 Å². The largest absolute Gasteiger partial charge is 0.489 e. The Morgan fingerprint density at radius 2 is 1.87 bits per heavy atom. The van der Waals surface area contributed by atoms with E-state index in [1.807, 2.05) is 54.9 Å². The summed E-state index contributed by atoms with van der Waals surface area (Å²) in [6, 6.07) is 17.8. The summed E-state index contributed by atoms with van der Waals surface area (Å²) >= 11 is 0. The second-order valence-corrected chi connectivity index (χ2v) is 7.97. The number of nitrogens with one attached hydrogen (secondary N) is 1. The Bertz CT molecular complexity index is 974. The third-order valence-corrected chi connectivity index (χ3v) is 5.08. The highest BCUT2D eigenvalue weighted by Gasteiger charge is 2.07. The minimum atomic E-state index is -0.0634. The highest BCUT2D eigenvalue weighted by molar-refractivity contribution is 5.94. The SMILES string of the molecule is Cc1cc(C)n(CCCNC(=O)c2cccc(COc3ccc(C(C)C)cc3)c2)n1. The van der Waals surface area contributed by atoms with Crippen LogP contribution in [0.5, 0.6) is 5.75 Å². The van der Waals surface area contributed by atoms with Gasteiger partial charge in [0.25, 0.3) is 5.91 Å². The maximum Gasteiger partial charge on any atom is 0.251 e. The smallest absolute Gasteiger partial charge is 0.251 e. The molecule has 1 heterocycles. The van der Waals surface area contributed by atoms with Gasteiger partial charge in [0.1, 0.15) is 12.4 Å². The zero-order chi connectivity index (χ0) is 21.5. The molecule has 5 heteroatoms. The zero-order valence-corrected chi connectivity index (χ0v) is 18.3. The Labute approximate surface area is 179 Å². The second kappa shape index (κ2) is 10.1. The molecule has 3 rings (SSSR count). The lowest BCUT2D eigenvalue weighted by molar-refractivity contribution is 0.0952. The van der Waals surface area contributed by atoms with Crippen molar-refractivity contribution in [1.82, 2.24) is 15.1 Å². The molecule has 0 saturated carbocycles. The highest BCUT2D eigenvalue weighted by Crippen LogP contribution is 2.19. The van der Waals surface area contributed by atoms with E-state index in [0.717, 1.165) is 35.7 Å². The van der Waals surface area contributed by atoms with Crippen molar-refractivity contribution in [3.8, 4) is 5.75 Å². The molecular formula is C25H31N3O2. The topological polar surface area (TPSA) is 56.2 Å². The molecule has 2 aromatic carbocycles. The van der Waals surface area contributed by atoms with E-state index < -0.39 is 0 Å². The Balaban J connectivity index is 1.47. The highest BCUT2D eigenvalue weighted by atomic mass is 16.5. The Hall–Kier alpha value is -3.08. The summed E-state index contributed by atoms with van der Waals surface area (Å²) in [5.41, 5.74) is 5.08. The number of ether oxygens (including phenoxy) is 1. The molecule has 158 valence electrons. The minimum absolute atomic E-state index is 0.0634. The van der Waals surface area contributed by atoms with Gasteiger partial charge in [-0.15, -0.1) is 0 Å². The number of rotatable bonds is 9. The normalized spacial score (nSPS) is 11.0. The molecule has 5 nitrogen and oxygen atoms in total. The van der Waals surface area contributed by atoms with Crippen LogP contribution in [0, 0.1) is 13.8 Å². The molecule has 0 atom stereocenters. The fourth-order valence-corrected chi connectivity index (χ4v) is 3.35. The van der Waals surface area contributed by atoms with Gasteiger partial charge in [-0.25, -0.2) is 0 Å². The first-order valence-corrected chi connectivity index (χ1v) is 10.5. The third-order valence-electron chi connectivity index (χ3n) is 5.08. The van der Waals surface area contributed by atoms with Crippen molar-refractivity contribution in [3.63, 3.8) is 0 Å². The van der Waals surface area contributed by atoms with E-state index in [2.05, 4.69) is 42.5 Å². The van der Waals surface area contributed by atoms with Gasteiger partial charge in [-0.05, 0) is 67.6 Å². The Morgan fingerprint density at radius 3 is 2.53 bits per heavy atom. The number of nitrogens with zero attached hydrogens (tertiary/aromatic N) is 2. The zero-order valence-electron chi connectivity index (χ0n) is 18.3. The summed E-state index contributed by atoms with van der Waals surface area (Å²) in [7, 11) is 0. The van der Waals surface area contributed by atoms with E-state index in [1.54, 1.807) is 0 Å². The molecule has 0 saturated heterocycles. The summed E-state index contributed by atoms with van der Waals surface area (Å²) in [4.78, 5) is 12.5. The number of benzene rings is 2. The number of hydrogen-bond donors (Lipinski definition) is 1. The summed E-state index contributed by atoms with van der Waals surface area (Å²) in [6.07, 6.45) is 0.836. The summed E-state index contributed by atoms with van der Waals surface area (Å²) < 4.78 is 7.86. The van der Waals surface area contributed by atoms with Crippen LogP contribution in [-0.4, -0.2) is 22.2 Å². The second-order valence-electron chi connectivity index (χ2n) is 7.97. The molecular weight excluding hydrogens is 374 g/mol. The summed E-state index contributed by atoms with van der Waals surface area (Å²) in [5, 5.41) is 7.44. The Kier molecular flexibility index (Phi) is 7.28. The predicted molar refractivity (Wildman–Crippen MR) is 120 cm³/mol. The van der Waals surface area contributed by atoms with Gasteiger partial charge in [0, 0.05) is 24.3 Å². The van der Waals surface area contributed by atoms with Gasteiger partial charge in [0.2, 0.25) is 0 Å². The molecule has 0 radical (unpaired) electrons. The summed E-state index contributed by atoms with van der Waals surface area (Å²) in [6.45, 7) is 10.2. The monoisotopic (exact) mass is 405 g/mol. The lowest BCUT2D eigenvalue weighted by atomic mass is 10.0. The molecule has 30 heavy (non-hydrogen) atoms. The van der Waals surface area contributed by atoms with Gasteiger partial charge in [-0.2, -0.15) is 5.10 Å². The molecule has 0 aliphatic rings. The lowest BCUT2D eigenvalue weighted by Gasteiger charge is -2.10. The standard InChI is InChI=1S/C25H31N3O2/c1-18(2)22-9-11-24(12-10-22)30-17-21-7-5-8-23(16-21)25(29)26-13-6-14-28-20(4)15-19(3)27-28/h5,7-12,15-16,18H,6,13-14,17H2,1-4H3,(H,26,29). The predicted octanol–water partition coefficient (Wildman–Crippen LogP) is 5.02. The average Bonchev–Trinajstić information content (AvgIpc) is 3.07. The van der Waals surface area contributed by atoms with Crippen molar-refractivity contribution >= 4 is 5.91 Å². The molecule has 0 unspecified atom stereocenters. The van der Waals surface area contributed by atoms with Crippen molar-refractivity contribution in [2.24, 2.45) is 0 Å². The van der Waals surface area contributed by atoms with Crippen molar-refractivity contribution in [2.75, 3.05) is 6.54 Å². The van der Waals surface area contributed by atoms with E-state index in [-0.39, 0.29) is 5.91 Å². The van der Waals surface area contributed by atoms with Crippen LogP contribution in [-0.2, 0) is 13.2 Å². The number of amides is 1. The molecule has 1 amide bonds. The van der Waals surface area contributed by atoms with E-state index in [9.17, 15) is 4.79 Å². The number of aryl methyl sites for hydroxylation is 3. The number of carbonyl (C=O) groups excluding carboxylic acids is 1. The summed E-state index contributed by atoms with van der Waals surface area (Å²) in [5.74, 6) is 1.27. The number of aromatic nitrogens is 2. The van der Waals surface area contributed by atoms with Crippen LogP contribution in [0.3, 0.4) is 0 Å². The van der Waals surface area contributed by atoms with Gasteiger partial charge in [-0.3, -0.25) is 9.48 Å². The van der Waals surface area contributed by atoms with Crippen molar-refractivity contribution in [1.29, 1.82) is 0 Å². The third kappa shape index (κ3) is 5.96. The molecule has 0 spiro atoms. The maximum absolute atomic E-state index is 12.5. The lowest BCUT2D eigenvalue weighted by Crippen LogP contribution is -2.25. The minimum Gasteiger partial charge on any atom is -0.489 e. The number of hydrogen-bond acceptors (Lipinski definition) is 3. The van der Waals surface area contributed by atoms with Gasteiger partial charge in [0.05, 0.1) is 5.69 Å². The van der Waals surface area contributed by atoms with Crippen LogP contribution in [0.15, 0.2) is 54.6 Å². The molecule has 0 aliphatic carbocycles. The molecule has 1 aromatic heterocycles.